The van der Waals surface area contributed by atoms with E-state index < -0.39 is 6.16 Å². The topological polar surface area (TPSA) is 44.8 Å². The lowest BCUT2D eigenvalue weighted by atomic mass is 9.73. The Morgan fingerprint density at radius 3 is 2.79 bits per heavy atom. The van der Waals surface area contributed by atoms with E-state index in [4.69, 9.17) is 14.2 Å². The maximum atomic E-state index is 11.5. The van der Waals surface area contributed by atoms with E-state index >= 15 is 0 Å². The first-order valence-corrected chi connectivity index (χ1v) is 6.37. The molecule has 0 unspecified atom stereocenters. The second kappa shape index (κ2) is 3.08. The predicted octanol–water partition coefficient (Wildman–Crippen LogP) is 2.37. The van der Waals surface area contributed by atoms with Crippen molar-refractivity contribution in [2.75, 3.05) is 0 Å². The summed E-state index contributed by atoms with van der Waals surface area (Å²) in [6.45, 7) is 0. The summed E-state index contributed by atoms with van der Waals surface area (Å²) in [7, 11) is 0. The molecule has 0 saturated carbocycles. The molecule has 2 heterocycles. The van der Waals surface area contributed by atoms with Gasteiger partial charge in [0.2, 0.25) is 0 Å². The fourth-order valence-corrected chi connectivity index (χ4v) is 3.52. The Bertz CT molecular complexity index is 672. The van der Waals surface area contributed by atoms with E-state index in [9.17, 15) is 4.79 Å². The summed E-state index contributed by atoms with van der Waals surface area (Å²) >= 11 is 0. The molecule has 0 aromatic heterocycles. The lowest BCUT2D eigenvalue weighted by molar-refractivity contribution is -0.171. The first-order chi connectivity index (χ1) is 9.33. The van der Waals surface area contributed by atoms with E-state index in [1.807, 2.05) is 24.3 Å². The van der Waals surface area contributed by atoms with Gasteiger partial charge in [0.1, 0.15) is 12.2 Å². The highest BCUT2D eigenvalue weighted by Gasteiger charge is 2.54. The summed E-state index contributed by atoms with van der Waals surface area (Å²) in [6, 6.07) is 8.11. The number of allylic oxidation sites excluding steroid dienone is 2. The van der Waals surface area contributed by atoms with Crippen LogP contribution in [0.25, 0.3) is 5.57 Å². The average molecular weight is 254 g/mol. The minimum atomic E-state index is -0.592. The molecule has 1 aromatic carbocycles. The second-order valence-corrected chi connectivity index (χ2v) is 5.16. The quantitative estimate of drug-likeness (QED) is 0.667. The SMILES string of the molecule is O=C1O[C@@H]2C3=C4C=C[C@H](O[C@@H]2c2ccccc24)[C@H]3O1. The predicted molar refractivity (Wildman–Crippen MR) is 65.3 cm³/mol. The summed E-state index contributed by atoms with van der Waals surface area (Å²) in [4.78, 5) is 11.5. The molecular weight excluding hydrogens is 244 g/mol. The largest absolute Gasteiger partial charge is 0.509 e. The fraction of sp³-hybridized carbons (Fsp3) is 0.267. The highest BCUT2D eigenvalue weighted by atomic mass is 16.8. The fourth-order valence-electron chi connectivity index (χ4n) is 3.52. The number of carbonyl (C=O) groups excluding carboxylic acids is 1. The molecule has 19 heavy (non-hydrogen) atoms. The minimum absolute atomic E-state index is 0.193. The van der Waals surface area contributed by atoms with Gasteiger partial charge in [0.05, 0.1) is 0 Å². The van der Waals surface area contributed by atoms with Crippen molar-refractivity contribution in [1.29, 1.82) is 0 Å². The van der Waals surface area contributed by atoms with Crippen LogP contribution in [0.3, 0.4) is 0 Å². The maximum Gasteiger partial charge on any atom is 0.509 e. The molecule has 5 bridgehead atoms. The van der Waals surface area contributed by atoms with Crippen LogP contribution in [-0.2, 0) is 14.2 Å². The van der Waals surface area contributed by atoms with Gasteiger partial charge in [-0.25, -0.2) is 4.79 Å². The van der Waals surface area contributed by atoms with Crippen LogP contribution in [0, 0.1) is 0 Å². The Kier molecular flexibility index (Phi) is 1.59. The first kappa shape index (κ1) is 9.81. The van der Waals surface area contributed by atoms with Crippen LogP contribution in [0.4, 0.5) is 4.79 Å². The monoisotopic (exact) mass is 254 g/mol. The third-order valence-corrected chi connectivity index (χ3v) is 4.26. The van der Waals surface area contributed by atoms with Crippen molar-refractivity contribution in [2.45, 2.75) is 24.4 Å². The second-order valence-electron chi connectivity index (χ2n) is 5.16. The Hall–Kier alpha value is -2.07. The van der Waals surface area contributed by atoms with Gasteiger partial charge in [-0.15, -0.1) is 0 Å². The van der Waals surface area contributed by atoms with E-state index in [0.29, 0.717) is 0 Å². The van der Waals surface area contributed by atoms with Crippen LogP contribution in [0.5, 0.6) is 0 Å². The molecule has 2 aliphatic heterocycles. The molecule has 4 nitrogen and oxygen atoms in total. The van der Waals surface area contributed by atoms with E-state index in [1.54, 1.807) is 0 Å². The van der Waals surface area contributed by atoms with Crippen LogP contribution in [0.2, 0.25) is 0 Å². The van der Waals surface area contributed by atoms with Gasteiger partial charge in [-0.1, -0.05) is 36.4 Å². The molecule has 4 heteroatoms. The number of carbonyl (C=O) groups is 1. The molecule has 4 aliphatic rings. The van der Waals surface area contributed by atoms with Crippen molar-refractivity contribution in [1.82, 2.24) is 0 Å². The third-order valence-electron chi connectivity index (χ3n) is 4.26. The van der Waals surface area contributed by atoms with Crippen molar-refractivity contribution in [3.63, 3.8) is 0 Å². The van der Waals surface area contributed by atoms with Gasteiger partial charge in [0.25, 0.3) is 0 Å². The number of benzene rings is 1. The molecule has 0 spiro atoms. The zero-order valence-corrected chi connectivity index (χ0v) is 9.91. The molecule has 5 rings (SSSR count). The van der Waals surface area contributed by atoms with Crippen LogP contribution in [0.15, 0.2) is 42.0 Å². The lowest BCUT2D eigenvalue weighted by Gasteiger charge is -2.49. The van der Waals surface area contributed by atoms with Crippen molar-refractivity contribution in [2.24, 2.45) is 0 Å². The molecule has 1 aromatic rings. The van der Waals surface area contributed by atoms with Gasteiger partial charge in [-0.05, 0) is 16.7 Å². The van der Waals surface area contributed by atoms with Gasteiger partial charge < -0.3 is 14.2 Å². The highest BCUT2D eigenvalue weighted by molar-refractivity contribution is 5.85. The first-order valence-electron chi connectivity index (χ1n) is 6.37. The van der Waals surface area contributed by atoms with E-state index in [0.717, 1.165) is 22.3 Å². The van der Waals surface area contributed by atoms with Crippen molar-refractivity contribution >= 4 is 11.7 Å². The van der Waals surface area contributed by atoms with Gasteiger partial charge in [0.15, 0.2) is 12.2 Å². The zero-order valence-electron chi connectivity index (χ0n) is 9.91. The minimum Gasteiger partial charge on any atom is -0.423 e. The number of hydrogen-bond acceptors (Lipinski definition) is 4. The molecule has 94 valence electrons. The number of rotatable bonds is 0. The molecule has 4 atom stereocenters. The summed E-state index contributed by atoms with van der Waals surface area (Å²) in [5.74, 6) is 0. The smallest absolute Gasteiger partial charge is 0.423 e. The summed E-state index contributed by atoms with van der Waals surface area (Å²) in [5.41, 5.74) is 4.42. The van der Waals surface area contributed by atoms with Crippen molar-refractivity contribution in [3.05, 3.63) is 53.1 Å². The maximum absolute atomic E-state index is 11.5. The average Bonchev–Trinajstić information content (AvgIpc) is 2.39. The van der Waals surface area contributed by atoms with Crippen molar-refractivity contribution in [3.8, 4) is 0 Å². The Labute approximate surface area is 109 Å². The van der Waals surface area contributed by atoms with Gasteiger partial charge in [-0.3, -0.25) is 0 Å². The summed E-state index contributed by atoms with van der Waals surface area (Å²) < 4.78 is 16.7. The standard InChI is InChI=1S/C15H10O4/c16-15-18-13-10-6-5-8-7-3-1-2-4-9(7)12(17-10)14(19-15)11(8)13/h1-6,10,12-14H/t10-,12+,13+,14+/m0/s1. The number of fused-ring (bicyclic) bond motifs is 3. The molecule has 2 fully saturated rings. The van der Waals surface area contributed by atoms with Gasteiger partial charge in [-0.2, -0.15) is 0 Å². The van der Waals surface area contributed by atoms with Crippen LogP contribution in [0.1, 0.15) is 17.2 Å². The van der Waals surface area contributed by atoms with E-state index in [2.05, 4.69) is 12.1 Å². The Morgan fingerprint density at radius 2 is 1.84 bits per heavy atom. The Balaban J connectivity index is 1.85. The van der Waals surface area contributed by atoms with Crippen LogP contribution < -0.4 is 0 Å². The molecule has 0 radical (unpaired) electrons. The summed E-state index contributed by atoms with van der Waals surface area (Å²) in [6.07, 6.45) is 2.37. The van der Waals surface area contributed by atoms with Crippen LogP contribution in [-0.4, -0.2) is 24.5 Å². The van der Waals surface area contributed by atoms with Crippen LogP contribution >= 0.6 is 0 Å². The van der Waals surface area contributed by atoms with Gasteiger partial charge >= 0.3 is 6.16 Å². The number of ether oxygens (including phenoxy) is 3. The van der Waals surface area contributed by atoms with Crippen molar-refractivity contribution < 1.29 is 19.0 Å². The third kappa shape index (κ3) is 1.06. The normalized spacial score (nSPS) is 36.7. The molecule has 2 saturated heterocycles. The van der Waals surface area contributed by atoms with Gasteiger partial charge in [0, 0.05) is 5.57 Å². The lowest BCUT2D eigenvalue weighted by Crippen LogP contribution is -2.55. The zero-order chi connectivity index (χ0) is 12.6. The molecule has 0 amide bonds. The van der Waals surface area contributed by atoms with E-state index in [1.165, 1.54) is 0 Å². The summed E-state index contributed by atoms with van der Waals surface area (Å²) in [5, 5.41) is 0. The molecular formula is C15H10O4. The Morgan fingerprint density at radius 1 is 1.00 bits per heavy atom. The molecule has 2 aliphatic carbocycles. The molecule has 0 N–H and O–H groups in total. The highest BCUT2D eigenvalue weighted by Crippen LogP contribution is 2.52. The van der Waals surface area contributed by atoms with E-state index in [-0.39, 0.29) is 24.4 Å². The number of hydrogen-bond donors (Lipinski definition) is 0.